The molecule has 5 atom stereocenters. The monoisotopic (exact) mass is 756 g/mol. The Hall–Kier alpha value is -4.20. The molecule has 2 fully saturated rings. The Labute approximate surface area is 320 Å². The van der Waals surface area contributed by atoms with Crippen LogP contribution in [0.3, 0.4) is 0 Å². The molecule has 0 saturated heterocycles. The topological polar surface area (TPSA) is 198 Å². The van der Waals surface area contributed by atoms with Crippen LogP contribution in [0.4, 0.5) is 10.5 Å². The molecule has 2 aliphatic rings. The number of benzene rings is 1. The Balaban J connectivity index is 1.59. The molecule has 14 nitrogen and oxygen atoms in total. The molecule has 302 valence electrons. The Morgan fingerprint density at radius 2 is 1.65 bits per heavy atom. The minimum atomic E-state index is -0.928. The van der Waals surface area contributed by atoms with Gasteiger partial charge in [-0.2, -0.15) is 0 Å². The maximum absolute atomic E-state index is 13.4. The summed E-state index contributed by atoms with van der Waals surface area (Å²) in [5, 5.41) is 10.5. The second-order valence-corrected chi connectivity index (χ2v) is 17.1. The molecule has 2 saturated carbocycles. The van der Waals surface area contributed by atoms with E-state index in [1.54, 1.807) is 32.0 Å². The SMILES string of the molecule is CCc1cc(NC(=O)[C@H](C)NC(=O)[C@@H](NC(=O)CNC(C)=O)C(C)C)ccc1COC(=O)N(CCOC12CC(C)CC(C)(CC(C)(C)C1)C2)CCC(N)=O. The number of nitrogens with two attached hydrogens (primary N) is 1. The molecule has 0 radical (unpaired) electrons. The smallest absolute Gasteiger partial charge is 0.410 e. The van der Waals surface area contributed by atoms with E-state index in [0.29, 0.717) is 24.6 Å². The van der Waals surface area contributed by atoms with E-state index in [4.69, 9.17) is 15.2 Å². The minimum absolute atomic E-state index is 0.00122. The minimum Gasteiger partial charge on any atom is -0.445 e. The fraction of sp³-hybridized carbons (Fsp3) is 0.700. The molecule has 0 aliphatic heterocycles. The highest BCUT2D eigenvalue weighted by atomic mass is 16.6. The zero-order valence-corrected chi connectivity index (χ0v) is 33.8. The van der Waals surface area contributed by atoms with Gasteiger partial charge >= 0.3 is 6.09 Å². The van der Waals surface area contributed by atoms with Gasteiger partial charge in [0, 0.05) is 32.1 Å². The van der Waals surface area contributed by atoms with Gasteiger partial charge in [0.2, 0.25) is 29.5 Å². The van der Waals surface area contributed by atoms with Gasteiger partial charge in [-0.25, -0.2) is 4.79 Å². The van der Waals surface area contributed by atoms with Crippen LogP contribution in [0.2, 0.25) is 0 Å². The van der Waals surface area contributed by atoms with E-state index in [1.807, 2.05) is 6.92 Å². The number of primary amides is 1. The summed E-state index contributed by atoms with van der Waals surface area (Å²) in [7, 11) is 0. The Kier molecular flexibility index (Phi) is 15.5. The van der Waals surface area contributed by atoms with Crippen LogP contribution in [-0.2, 0) is 46.5 Å². The molecule has 2 bridgehead atoms. The summed E-state index contributed by atoms with van der Waals surface area (Å²) >= 11 is 0. The number of hydrogen-bond acceptors (Lipinski definition) is 8. The molecule has 6 N–H and O–H groups in total. The summed E-state index contributed by atoms with van der Waals surface area (Å²) in [6, 6.07) is 3.41. The van der Waals surface area contributed by atoms with Crippen molar-refractivity contribution in [1.29, 1.82) is 0 Å². The van der Waals surface area contributed by atoms with Crippen molar-refractivity contribution in [2.75, 3.05) is 31.6 Å². The number of nitrogens with zero attached hydrogens (tertiary/aromatic N) is 1. The van der Waals surface area contributed by atoms with Gasteiger partial charge in [0.1, 0.15) is 18.7 Å². The average Bonchev–Trinajstić information content (AvgIpc) is 3.04. The third-order valence-corrected chi connectivity index (χ3v) is 10.4. The van der Waals surface area contributed by atoms with Gasteiger partial charge in [0.25, 0.3) is 0 Å². The number of hydrogen-bond donors (Lipinski definition) is 5. The number of nitrogens with one attached hydrogen (secondary N) is 4. The lowest BCUT2D eigenvalue weighted by Crippen LogP contribution is -2.55. The second-order valence-electron chi connectivity index (χ2n) is 17.1. The van der Waals surface area contributed by atoms with Crippen molar-refractivity contribution in [3.05, 3.63) is 29.3 Å². The highest BCUT2D eigenvalue weighted by Gasteiger charge is 2.54. The molecule has 14 heteroatoms. The quantitative estimate of drug-likeness (QED) is 0.147. The van der Waals surface area contributed by atoms with Gasteiger partial charge in [-0.3, -0.25) is 24.0 Å². The molecular weight excluding hydrogens is 692 g/mol. The predicted molar refractivity (Wildman–Crippen MR) is 206 cm³/mol. The van der Waals surface area contributed by atoms with E-state index in [-0.39, 0.29) is 60.9 Å². The van der Waals surface area contributed by atoms with Crippen molar-refractivity contribution >= 4 is 41.3 Å². The molecule has 0 spiro atoms. The van der Waals surface area contributed by atoms with Gasteiger partial charge in [0.15, 0.2) is 0 Å². The third-order valence-electron chi connectivity index (χ3n) is 10.4. The van der Waals surface area contributed by atoms with Crippen LogP contribution in [-0.4, -0.2) is 84.5 Å². The highest BCUT2D eigenvalue weighted by molar-refractivity contribution is 5.98. The first-order valence-corrected chi connectivity index (χ1v) is 19.3. The first-order valence-electron chi connectivity index (χ1n) is 19.3. The van der Waals surface area contributed by atoms with E-state index >= 15 is 0 Å². The molecule has 3 unspecified atom stereocenters. The molecule has 1 aromatic rings. The Bertz CT molecular complexity index is 1530. The summed E-state index contributed by atoms with van der Waals surface area (Å²) < 4.78 is 12.4. The van der Waals surface area contributed by atoms with Crippen LogP contribution >= 0.6 is 0 Å². The van der Waals surface area contributed by atoms with Crippen molar-refractivity contribution in [3.63, 3.8) is 0 Å². The molecule has 54 heavy (non-hydrogen) atoms. The highest BCUT2D eigenvalue weighted by Crippen LogP contribution is 2.59. The molecule has 1 aromatic carbocycles. The number of anilines is 1. The molecule has 0 heterocycles. The lowest BCUT2D eigenvalue weighted by Gasteiger charge is -2.58. The number of amides is 6. The maximum Gasteiger partial charge on any atom is 0.410 e. The van der Waals surface area contributed by atoms with Crippen molar-refractivity contribution in [2.24, 2.45) is 28.4 Å². The van der Waals surface area contributed by atoms with E-state index in [1.165, 1.54) is 31.6 Å². The number of ether oxygens (including phenoxy) is 2. The van der Waals surface area contributed by atoms with Crippen LogP contribution in [0.1, 0.15) is 112 Å². The van der Waals surface area contributed by atoms with Crippen molar-refractivity contribution in [1.82, 2.24) is 20.9 Å². The largest absolute Gasteiger partial charge is 0.445 e. The van der Waals surface area contributed by atoms with E-state index < -0.39 is 41.8 Å². The molecule has 6 amide bonds. The lowest BCUT2D eigenvalue weighted by molar-refractivity contribution is -0.172. The number of aryl methyl sites for hydroxylation is 1. The van der Waals surface area contributed by atoms with Gasteiger partial charge in [-0.1, -0.05) is 54.5 Å². The van der Waals surface area contributed by atoms with Crippen LogP contribution in [0.25, 0.3) is 0 Å². The number of fused-ring (bicyclic) bond motifs is 2. The standard InChI is InChI=1S/C40H64N6O8/c1-10-29-17-31(44-35(50)27(5)43-36(51)34(25(2)3)45-33(49)20-42-28(6)47)12-11-30(29)21-53-37(52)46(14-13-32(41)48)15-16-54-40-19-26(4)18-39(9,24-40)22-38(7,8)23-40/h11-12,17,25-27,34H,10,13-16,18-24H2,1-9H3,(H2,41,48)(H,42,47)(H,43,51)(H,44,50)(H,45,49)/t26?,27-,34-,39?,40?/m0/s1. The van der Waals surface area contributed by atoms with Crippen molar-refractivity contribution in [2.45, 2.75) is 132 Å². The summed E-state index contributed by atoms with van der Waals surface area (Å²) in [5.74, 6) is -2.12. The third kappa shape index (κ3) is 13.3. The first kappa shape index (κ1) is 44.2. The van der Waals surface area contributed by atoms with E-state index in [0.717, 1.165) is 30.4 Å². The second kappa shape index (κ2) is 18.9. The zero-order chi connectivity index (χ0) is 40.4. The fourth-order valence-electron chi connectivity index (χ4n) is 8.89. The van der Waals surface area contributed by atoms with Gasteiger partial charge in [0.05, 0.1) is 18.8 Å². The molecule has 0 aromatic heterocycles. The zero-order valence-electron chi connectivity index (χ0n) is 33.8. The number of carbonyl (C=O) groups excluding carboxylic acids is 6. The van der Waals surface area contributed by atoms with E-state index in [9.17, 15) is 28.8 Å². The van der Waals surface area contributed by atoms with Crippen molar-refractivity contribution in [3.8, 4) is 0 Å². The Morgan fingerprint density at radius 3 is 2.28 bits per heavy atom. The summed E-state index contributed by atoms with van der Waals surface area (Å²) in [5.41, 5.74) is 7.68. The maximum atomic E-state index is 13.4. The first-order chi connectivity index (χ1) is 25.1. The number of carbonyl (C=O) groups is 6. The van der Waals surface area contributed by atoms with Crippen LogP contribution in [0.5, 0.6) is 0 Å². The average molecular weight is 757 g/mol. The van der Waals surface area contributed by atoms with Crippen LogP contribution in [0.15, 0.2) is 18.2 Å². The summed E-state index contributed by atoms with van der Waals surface area (Å²) in [4.78, 5) is 75.9. The fourth-order valence-corrected chi connectivity index (χ4v) is 8.89. The van der Waals surface area contributed by atoms with Crippen molar-refractivity contribution < 1.29 is 38.2 Å². The van der Waals surface area contributed by atoms with Gasteiger partial charge < -0.3 is 41.4 Å². The predicted octanol–water partition coefficient (Wildman–Crippen LogP) is 4.18. The lowest BCUT2D eigenvalue weighted by atomic mass is 9.51. The van der Waals surface area contributed by atoms with Gasteiger partial charge in [-0.15, -0.1) is 0 Å². The Morgan fingerprint density at radius 1 is 0.944 bits per heavy atom. The summed E-state index contributed by atoms with van der Waals surface area (Å²) in [6.45, 7) is 18.0. The normalized spacial score (nSPS) is 22.7. The van der Waals surface area contributed by atoms with E-state index in [2.05, 4.69) is 49.0 Å². The molecule has 2 aliphatic carbocycles. The van der Waals surface area contributed by atoms with Crippen LogP contribution < -0.4 is 27.0 Å². The van der Waals surface area contributed by atoms with Gasteiger partial charge in [-0.05, 0) is 91.4 Å². The number of rotatable bonds is 18. The van der Waals surface area contributed by atoms with Crippen LogP contribution in [0, 0.1) is 22.7 Å². The molecule has 3 rings (SSSR count). The molecular formula is C40H64N6O8. The summed E-state index contributed by atoms with van der Waals surface area (Å²) in [6.07, 6.45) is 5.34.